The van der Waals surface area contributed by atoms with Gasteiger partial charge in [-0.25, -0.2) is 0 Å². The first-order valence-electron chi connectivity index (χ1n) is 27.9. The monoisotopic (exact) mass is 1310 g/mol. The molecule has 0 heterocycles. The van der Waals surface area contributed by atoms with Crippen LogP contribution in [-0.2, 0) is 32.7 Å². The Bertz CT molecular complexity index is 876. The first-order valence-corrected chi connectivity index (χ1v) is 40.5. The molecule has 15 heteroatoms. The zero-order valence-corrected chi connectivity index (χ0v) is 57.9. The van der Waals surface area contributed by atoms with Crippen LogP contribution in [0.25, 0.3) is 0 Å². The maximum Gasteiger partial charge on any atom is -2.00 e. The van der Waals surface area contributed by atoms with E-state index in [0.717, 1.165) is 72.4 Å². The maximum absolute atomic E-state index is 10.0. The minimum Gasteiger partial charge on any atom is -2.00 e. The summed E-state index contributed by atoms with van der Waals surface area (Å²) >= 11 is 6.13. The summed E-state index contributed by atoms with van der Waals surface area (Å²) < 4.78 is 6.50. The molecule has 0 aliphatic rings. The summed E-state index contributed by atoms with van der Waals surface area (Å²) in [7, 11) is 0. The third kappa shape index (κ3) is 120. The summed E-state index contributed by atoms with van der Waals surface area (Å²) in [5.74, 6) is 3.72. The normalized spacial score (nSPS) is 10.1. The molecule has 0 amide bonds. The molecule has 0 N–H and O–H groups in total. The van der Waals surface area contributed by atoms with Crippen LogP contribution in [0.5, 0.6) is 0 Å². The molecule has 0 unspecified atom stereocenters. The Kier molecular flexibility index (Phi) is 94.3. The fraction of sp³-hybridized carbons (Fsp3) is 0.929. The van der Waals surface area contributed by atoms with Gasteiger partial charge in [0.2, 0.25) is 0 Å². The molecular weight excluding hydrogens is 1200 g/mol. The van der Waals surface area contributed by atoms with Crippen molar-refractivity contribution in [3.05, 3.63) is 0 Å². The van der Waals surface area contributed by atoms with Gasteiger partial charge < -0.3 is 53.1 Å². The van der Waals surface area contributed by atoms with Crippen molar-refractivity contribution >= 4 is 127 Å². The molecule has 0 aliphatic heterocycles. The van der Waals surface area contributed by atoms with Gasteiger partial charge in [0.15, 0.2) is 0 Å². The third-order valence-corrected chi connectivity index (χ3v) is 22.1. The van der Waals surface area contributed by atoms with Gasteiger partial charge in [0.1, 0.15) is 0 Å². The molecule has 424 valence electrons. The van der Waals surface area contributed by atoms with Gasteiger partial charge >= 0.3 is 139 Å². The molecule has 0 atom stereocenters. The molecule has 0 aliphatic carbocycles. The second-order valence-corrected chi connectivity index (χ2v) is 32.6. The predicted octanol–water partition coefficient (Wildman–Crippen LogP) is 13.0. The van der Waals surface area contributed by atoms with Crippen LogP contribution < -0.4 is 20.4 Å². The van der Waals surface area contributed by atoms with Crippen molar-refractivity contribution in [2.75, 3.05) is 46.0 Å². The van der Waals surface area contributed by atoms with Crippen molar-refractivity contribution in [3.63, 3.8) is 0 Å². The van der Waals surface area contributed by atoms with E-state index in [1.807, 2.05) is 0 Å². The molecule has 0 aromatic heterocycles. The molecule has 0 bridgehead atoms. The van der Waals surface area contributed by atoms with Crippen molar-refractivity contribution in [1.82, 2.24) is 0 Å². The van der Waals surface area contributed by atoms with Crippen molar-refractivity contribution in [2.45, 2.75) is 255 Å². The number of unbranched alkanes of at least 4 members (excludes halogenated alkanes) is 12. The molecule has 0 aromatic rings. The average Bonchev–Trinajstić information content (AvgIpc) is 3.28. The van der Waals surface area contributed by atoms with Crippen molar-refractivity contribution in [1.29, 1.82) is 0 Å². The van der Waals surface area contributed by atoms with Gasteiger partial charge in [-0.2, -0.15) is 47.0 Å². The van der Waals surface area contributed by atoms with E-state index in [1.165, 1.54) is 175 Å². The number of carbonyl (C=O) groups excluding carboxylic acids is 4. The van der Waals surface area contributed by atoms with Crippen LogP contribution in [0.1, 0.15) is 237 Å². The Balaban J connectivity index is -0.000000139. The number of aliphatic carboxylic acids is 4. The molecule has 0 rings (SSSR count). The van der Waals surface area contributed by atoms with Crippen LogP contribution in [0.2, 0.25) is 17.7 Å². The zero-order chi connectivity index (χ0) is 54.3. The average molecular weight is 1310 g/mol. The Morgan fingerprint density at radius 3 is 0.648 bits per heavy atom. The summed E-state index contributed by atoms with van der Waals surface area (Å²) in [6.07, 6.45) is 31.3. The molecule has 8 nitrogen and oxygen atoms in total. The van der Waals surface area contributed by atoms with E-state index in [4.69, 9.17) is 0 Å². The number of hydrogen-bond acceptors (Lipinski definition) is 12. The third-order valence-electron chi connectivity index (χ3n) is 9.99. The molecule has 0 saturated heterocycles. The summed E-state index contributed by atoms with van der Waals surface area (Å²) in [6, 6.07) is 0. The molecule has 0 radical (unpaired) electrons. The van der Waals surface area contributed by atoms with Gasteiger partial charge in [0.05, 0.1) is 23.9 Å². The van der Waals surface area contributed by atoms with E-state index in [2.05, 4.69) is 83.1 Å². The van der Waals surface area contributed by atoms with E-state index >= 15 is 0 Å². The number of hydrogen-bond donors (Lipinski definition) is 0. The fourth-order valence-corrected chi connectivity index (χ4v) is 17.0. The largest absolute Gasteiger partial charge is 2.00 e. The smallest absolute Gasteiger partial charge is 2.00 e. The Morgan fingerprint density at radius 1 is 0.324 bits per heavy atom. The standard InChI is InChI=1S/4C10H20O2S.4C4H9.S.2Sn/c4*1-9(2)6-4-3-5-7-13-8-10(11)12;4*1-3-4-2;;;/h4*9H,3-8H2,1-2H3,(H,11,12);4*1,3-4H2,2H3;;;/q;;;;;;;;-2;2*+2/p-4. The first kappa shape index (κ1) is 86.1. The van der Waals surface area contributed by atoms with Gasteiger partial charge in [0.25, 0.3) is 0 Å². The van der Waals surface area contributed by atoms with Crippen LogP contribution in [0, 0.1) is 23.7 Å². The number of carboxylic acid groups (broad SMARTS) is 4. The van der Waals surface area contributed by atoms with Crippen LogP contribution in [0.4, 0.5) is 0 Å². The summed E-state index contributed by atoms with van der Waals surface area (Å²) in [6.45, 7) is 27.0. The minimum absolute atomic E-state index is 0. The van der Waals surface area contributed by atoms with Crippen molar-refractivity contribution in [3.8, 4) is 0 Å². The number of thioether (sulfide) groups is 4. The van der Waals surface area contributed by atoms with Gasteiger partial charge in [-0.3, -0.25) is 0 Å². The van der Waals surface area contributed by atoms with E-state index in [0.29, 0.717) is 0 Å². The van der Waals surface area contributed by atoms with Crippen molar-refractivity contribution < 1.29 is 39.6 Å². The SMILES string of the molecule is CC(C)CCCCCSCC(=O)[O-].CC(C)CCCCCSCC(=O)[O-].CC(C)CCCCCSCC(=O)[O-].CC(C)CCCCCSCC(=O)[O-].CCC[CH2][Sn+2][CH2]CCC.CCC[CH2][Sn+2][CH2]CCC.[S-2]. The molecular formula is C56H112O8S5Sn2-2. The molecule has 71 heavy (non-hydrogen) atoms. The van der Waals surface area contributed by atoms with Crippen molar-refractivity contribution in [2.24, 2.45) is 23.7 Å². The zero-order valence-electron chi connectivity index (χ0n) is 48.1. The predicted molar refractivity (Wildman–Crippen MR) is 320 cm³/mol. The van der Waals surface area contributed by atoms with Gasteiger partial charge in [-0.05, 0) is 72.4 Å². The number of carboxylic acids is 4. The quantitative estimate of drug-likeness (QED) is 0.0420. The Morgan fingerprint density at radius 2 is 0.507 bits per heavy atom. The van der Waals surface area contributed by atoms with Gasteiger partial charge in [0, 0.05) is 23.0 Å². The summed E-state index contributed by atoms with van der Waals surface area (Å²) in [4.78, 5) is 40.2. The summed E-state index contributed by atoms with van der Waals surface area (Å²) in [5, 5.41) is 40.2. The van der Waals surface area contributed by atoms with Gasteiger partial charge in [-0.1, -0.05) is 132 Å². The molecule has 0 spiro atoms. The molecule has 0 fully saturated rings. The first-order chi connectivity index (χ1) is 33.3. The topological polar surface area (TPSA) is 161 Å². The van der Waals surface area contributed by atoms with Crippen LogP contribution in [0.3, 0.4) is 0 Å². The van der Waals surface area contributed by atoms with E-state index in [-0.39, 0.29) is 78.8 Å². The van der Waals surface area contributed by atoms with Crippen LogP contribution in [-0.4, -0.2) is 112 Å². The Hall–Kier alpha value is 1.23. The van der Waals surface area contributed by atoms with Crippen LogP contribution in [0.15, 0.2) is 0 Å². The van der Waals surface area contributed by atoms with Gasteiger partial charge in [-0.15, -0.1) is 0 Å². The maximum atomic E-state index is 10.0. The number of carbonyl (C=O) groups is 4. The second-order valence-electron chi connectivity index (χ2n) is 19.6. The molecule has 0 aromatic carbocycles. The van der Waals surface area contributed by atoms with E-state index in [9.17, 15) is 39.6 Å². The van der Waals surface area contributed by atoms with Crippen LogP contribution >= 0.6 is 47.0 Å². The molecule has 0 saturated carbocycles. The number of rotatable bonds is 44. The second kappa shape index (κ2) is 77.7. The van der Waals surface area contributed by atoms with E-state index < -0.39 is 23.9 Å². The minimum atomic E-state index is -0.952. The van der Waals surface area contributed by atoms with E-state index in [1.54, 1.807) is 17.7 Å². The fourth-order valence-electron chi connectivity index (χ4n) is 5.81. The summed E-state index contributed by atoms with van der Waals surface area (Å²) in [5.41, 5.74) is 0. The Labute approximate surface area is 486 Å².